The Kier molecular flexibility index (Phi) is 7.60. The Hall–Kier alpha value is -0.660. The van der Waals surface area contributed by atoms with Gasteiger partial charge in [-0.25, -0.2) is 8.42 Å². The van der Waals surface area contributed by atoms with Crippen molar-refractivity contribution in [3.8, 4) is 0 Å². The molecule has 11 atom stereocenters. The fourth-order valence-corrected chi connectivity index (χ4v) is 11.8. The van der Waals surface area contributed by atoms with Crippen molar-refractivity contribution in [2.45, 2.75) is 135 Å². The Morgan fingerprint density at radius 2 is 1.61 bits per heavy atom. The zero-order valence-electron chi connectivity index (χ0n) is 24.4. The normalized spacial score (nSPS) is 46.4. The Balaban J connectivity index is 1.24. The summed E-state index contributed by atoms with van der Waals surface area (Å²) in [6, 6.07) is 0. The minimum atomic E-state index is -3.56. The summed E-state index contributed by atoms with van der Waals surface area (Å²) in [5, 5.41) is 22.4. The molecule has 38 heavy (non-hydrogen) atoms. The molecule has 3 N–H and O–H groups in total. The van der Waals surface area contributed by atoms with E-state index >= 15 is 0 Å². The maximum Gasteiger partial charge on any atom is 0.240 e. The number of aliphatic hydroxyl groups excluding tert-OH is 2. The predicted octanol–water partition coefficient (Wildman–Crippen LogP) is 5.42. The summed E-state index contributed by atoms with van der Waals surface area (Å²) in [7, 11) is -3.56. The fourth-order valence-electron chi connectivity index (χ4n) is 10.5. The molecule has 5 aliphatic rings. The second kappa shape index (κ2) is 10.0. The average molecular weight is 552 g/mol. The van der Waals surface area contributed by atoms with Crippen LogP contribution in [0.4, 0.5) is 0 Å². The molecule has 5 saturated carbocycles. The number of nitrogens with one attached hydrogen (secondary N) is 1. The summed E-state index contributed by atoms with van der Waals surface area (Å²) in [5.74, 6) is 2.83. The van der Waals surface area contributed by atoms with E-state index in [1.165, 1.54) is 25.7 Å². The summed E-state index contributed by atoms with van der Waals surface area (Å²) < 4.78 is 26.3. The average Bonchev–Trinajstić information content (AvgIpc) is 3.51. The van der Waals surface area contributed by atoms with Gasteiger partial charge in [-0.05, 0) is 130 Å². The van der Waals surface area contributed by atoms with Gasteiger partial charge >= 0.3 is 0 Å². The van der Waals surface area contributed by atoms with E-state index in [9.17, 15) is 23.4 Å². The van der Waals surface area contributed by atoms with Crippen LogP contribution in [-0.2, 0) is 14.8 Å². The van der Waals surface area contributed by atoms with Crippen LogP contribution in [0.15, 0.2) is 0 Å². The van der Waals surface area contributed by atoms with Crippen molar-refractivity contribution >= 4 is 15.9 Å². The molecule has 2 unspecified atom stereocenters. The Bertz CT molecular complexity index is 1010. The van der Waals surface area contributed by atoms with E-state index in [4.69, 9.17) is 0 Å². The predicted molar refractivity (Wildman–Crippen MR) is 149 cm³/mol. The number of hydrogen-bond donors (Lipinski definition) is 3. The van der Waals surface area contributed by atoms with Gasteiger partial charge in [-0.15, -0.1) is 0 Å². The van der Waals surface area contributed by atoms with Crippen molar-refractivity contribution in [3.05, 3.63) is 0 Å². The van der Waals surface area contributed by atoms with Crippen LogP contribution in [0, 0.1) is 52.3 Å². The smallest absolute Gasteiger partial charge is 0.240 e. The highest BCUT2D eigenvalue weighted by Gasteiger charge is 2.64. The number of carbonyl (C=O) groups excluding carboxylic acids is 1. The molecule has 5 rings (SSSR count). The third-order valence-electron chi connectivity index (χ3n) is 13.1. The highest BCUT2D eigenvalue weighted by atomic mass is 32.2. The molecular formula is C31H53NO5S. The first kappa shape index (κ1) is 28.9. The standard InChI is InChI=1S/C31H53NO5S/c1-6-21-25-18-20(33)12-14-31(25,5)24-13-15-30(4)22(10-11-23(30)27(24)28(21)35)19(2)8-7-9-26(34)32-38(36,37)29(3)16-17-29/h19-25,27-28,33,35H,6-18H2,1-5H3,(H,32,34)/t19-,20-,21-,22-,23?,24?,25+,27+,28-,30-,31-/m1/s1. The lowest BCUT2D eigenvalue weighted by Gasteiger charge is -2.64. The van der Waals surface area contributed by atoms with E-state index in [0.29, 0.717) is 54.8 Å². The van der Waals surface area contributed by atoms with E-state index in [0.717, 1.165) is 32.1 Å². The molecule has 5 fully saturated rings. The Morgan fingerprint density at radius 1 is 0.947 bits per heavy atom. The van der Waals surface area contributed by atoms with Crippen molar-refractivity contribution in [2.75, 3.05) is 0 Å². The van der Waals surface area contributed by atoms with Crippen LogP contribution in [0.3, 0.4) is 0 Å². The molecule has 218 valence electrons. The van der Waals surface area contributed by atoms with Gasteiger partial charge in [0.1, 0.15) is 0 Å². The van der Waals surface area contributed by atoms with Crippen LogP contribution in [0.25, 0.3) is 0 Å². The monoisotopic (exact) mass is 551 g/mol. The highest BCUT2D eigenvalue weighted by Crippen LogP contribution is 2.69. The Morgan fingerprint density at radius 3 is 2.26 bits per heavy atom. The number of fused-ring (bicyclic) bond motifs is 5. The number of amides is 1. The van der Waals surface area contributed by atoms with Crippen molar-refractivity contribution in [1.82, 2.24) is 4.72 Å². The molecule has 7 heteroatoms. The minimum absolute atomic E-state index is 0.212. The van der Waals surface area contributed by atoms with Crippen molar-refractivity contribution in [3.63, 3.8) is 0 Å². The maximum absolute atomic E-state index is 12.4. The molecule has 1 amide bonds. The molecule has 0 aromatic heterocycles. The molecule has 0 radical (unpaired) electrons. The molecular weight excluding hydrogens is 498 g/mol. The fraction of sp³-hybridized carbons (Fsp3) is 0.968. The number of carbonyl (C=O) groups is 1. The van der Waals surface area contributed by atoms with Crippen LogP contribution in [0.2, 0.25) is 0 Å². The first-order valence-corrected chi connectivity index (χ1v) is 17.2. The lowest BCUT2D eigenvalue weighted by Crippen LogP contribution is -2.62. The molecule has 0 aromatic rings. The third kappa shape index (κ3) is 4.58. The number of hydrogen-bond acceptors (Lipinski definition) is 5. The summed E-state index contributed by atoms with van der Waals surface area (Å²) in [6.07, 6.45) is 11.3. The Labute approximate surface area is 231 Å². The van der Waals surface area contributed by atoms with Gasteiger partial charge in [0, 0.05) is 6.42 Å². The SMILES string of the molecule is CC[C@H]1[C@@H](O)[C@H]2C3CC[C@H]([C@H](C)CCCC(=O)NS(=O)(=O)C4(C)CC4)[C@@]3(C)CCC2[C@@]2(C)CC[C@@H](O)C[C@@H]12. The van der Waals surface area contributed by atoms with Crippen LogP contribution in [0.1, 0.15) is 118 Å². The van der Waals surface area contributed by atoms with Crippen LogP contribution < -0.4 is 4.72 Å². The molecule has 0 bridgehead atoms. The lowest BCUT2D eigenvalue weighted by atomic mass is 9.41. The first-order chi connectivity index (χ1) is 17.8. The number of rotatable bonds is 8. The quantitative estimate of drug-likeness (QED) is 0.374. The molecule has 0 spiro atoms. The van der Waals surface area contributed by atoms with Crippen LogP contribution >= 0.6 is 0 Å². The van der Waals surface area contributed by atoms with Crippen molar-refractivity contribution < 1.29 is 23.4 Å². The van der Waals surface area contributed by atoms with Crippen LogP contribution in [0.5, 0.6) is 0 Å². The molecule has 0 aliphatic heterocycles. The minimum Gasteiger partial charge on any atom is -0.393 e. The van der Waals surface area contributed by atoms with E-state index in [-0.39, 0.29) is 41.3 Å². The lowest BCUT2D eigenvalue weighted by molar-refractivity contribution is -0.203. The second-order valence-corrected chi connectivity index (χ2v) is 17.2. The zero-order valence-corrected chi connectivity index (χ0v) is 25.2. The van der Waals surface area contributed by atoms with Gasteiger partial charge < -0.3 is 10.2 Å². The van der Waals surface area contributed by atoms with Crippen molar-refractivity contribution in [1.29, 1.82) is 0 Å². The summed E-state index contributed by atoms with van der Waals surface area (Å²) in [6.45, 7) is 11.2. The first-order valence-electron chi connectivity index (χ1n) is 15.7. The molecule has 0 heterocycles. The molecule has 0 aromatic carbocycles. The number of sulfonamides is 1. The second-order valence-electron chi connectivity index (χ2n) is 15.0. The van der Waals surface area contributed by atoms with Crippen LogP contribution in [-0.4, -0.2) is 41.5 Å². The number of aliphatic hydroxyl groups is 2. The maximum atomic E-state index is 12.4. The summed E-state index contributed by atoms with van der Waals surface area (Å²) in [5.41, 5.74) is 0.434. The van der Waals surface area contributed by atoms with Gasteiger partial charge in [0.2, 0.25) is 15.9 Å². The molecule has 0 saturated heterocycles. The van der Waals surface area contributed by atoms with E-state index in [2.05, 4.69) is 32.4 Å². The largest absolute Gasteiger partial charge is 0.393 e. The van der Waals surface area contributed by atoms with Gasteiger partial charge in [-0.1, -0.05) is 34.1 Å². The van der Waals surface area contributed by atoms with Gasteiger partial charge in [0.05, 0.1) is 17.0 Å². The van der Waals surface area contributed by atoms with Crippen molar-refractivity contribution in [2.24, 2.45) is 52.3 Å². The van der Waals surface area contributed by atoms with E-state index in [1.807, 2.05) is 0 Å². The highest BCUT2D eigenvalue weighted by molar-refractivity contribution is 7.91. The third-order valence-corrected chi connectivity index (χ3v) is 15.3. The van der Waals surface area contributed by atoms with E-state index in [1.54, 1.807) is 6.92 Å². The zero-order chi connectivity index (χ0) is 27.7. The van der Waals surface area contributed by atoms with Gasteiger partial charge in [0.15, 0.2) is 0 Å². The molecule has 6 nitrogen and oxygen atoms in total. The van der Waals surface area contributed by atoms with Gasteiger partial charge in [-0.3, -0.25) is 9.52 Å². The summed E-state index contributed by atoms with van der Waals surface area (Å²) in [4.78, 5) is 12.4. The van der Waals surface area contributed by atoms with E-state index < -0.39 is 14.8 Å². The topological polar surface area (TPSA) is 104 Å². The summed E-state index contributed by atoms with van der Waals surface area (Å²) >= 11 is 0. The van der Waals surface area contributed by atoms with Gasteiger partial charge in [0.25, 0.3) is 0 Å². The van der Waals surface area contributed by atoms with Gasteiger partial charge in [-0.2, -0.15) is 0 Å². The molecule has 5 aliphatic carbocycles.